The van der Waals surface area contributed by atoms with Crippen molar-refractivity contribution in [2.75, 3.05) is 19.5 Å². The summed E-state index contributed by atoms with van der Waals surface area (Å²) in [5.41, 5.74) is -1.62. The molecule has 0 spiro atoms. The van der Waals surface area contributed by atoms with E-state index in [0.717, 1.165) is 25.3 Å². The van der Waals surface area contributed by atoms with Crippen molar-refractivity contribution in [3.63, 3.8) is 0 Å². The molecule has 1 aliphatic rings. The van der Waals surface area contributed by atoms with E-state index in [0.29, 0.717) is 11.8 Å². The third-order valence-electron chi connectivity index (χ3n) is 8.78. The summed E-state index contributed by atoms with van der Waals surface area (Å²) in [5.74, 6) is -5.66. The second kappa shape index (κ2) is 18.7. The highest BCUT2D eigenvalue weighted by Crippen LogP contribution is 2.43. The van der Waals surface area contributed by atoms with Gasteiger partial charge in [-0.1, -0.05) is 12.1 Å². The molecule has 0 amide bonds. The van der Waals surface area contributed by atoms with E-state index in [9.17, 15) is 46.9 Å². The number of carbonyl (C=O) groups excluding carboxylic acids is 4. The van der Waals surface area contributed by atoms with Crippen LogP contribution in [-0.2, 0) is 25.3 Å². The molecule has 1 N–H and O–H groups in total. The molecule has 2 unspecified atom stereocenters. The van der Waals surface area contributed by atoms with Crippen LogP contribution in [0.3, 0.4) is 0 Å². The lowest BCUT2D eigenvalue weighted by Crippen LogP contribution is -2.34. The Labute approximate surface area is 340 Å². The molecule has 20 heteroatoms. The molecular formula is C40H34F4N8O8. The number of hydrogen-bond donors (Lipinski definition) is 1. The van der Waals surface area contributed by atoms with E-state index in [-0.39, 0.29) is 53.4 Å². The minimum atomic E-state index is -1.83. The van der Waals surface area contributed by atoms with Crippen LogP contribution in [0.5, 0.6) is 5.75 Å². The zero-order valence-corrected chi connectivity index (χ0v) is 32.0. The number of benzene rings is 4. The zero-order valence-electron chi connectivity index (χ0n) is 34.0. The van der Waals surface area contributed by atoms with E-state index in [4.69, 9.17) is 7.48 Å². The highest BCUT2D eigenvalue weighted by Gasteiger charge is 2.42. The number of ether oxygens (including phenoxy) is 2. The molecule has 0 fully saturated rings. The molecule has 310 valence electrons. The number of nitro benzene ring substituents is 1. The molecule has 0 saturated carbocycles. The molecule has 0 saturated heterocycles. The number of aromatic nitrogens is 6. The number of carbonyl (C=O) groups is 4. The van der Waals surface area contributed by atoms with E-state index in [1.54, 1.807) is 7.05 Å². The van der Waals surface area contributed by atoms with Crippen molar-refractivity contribution in [1.82, 2.24) is 29.5 Å². The van der Waals surface area contributed by atoms with Gasteiger partial charge in [0, 0.05) is 25.3 Å². The average Bonchev–Trinajstić information content (AvgIpc) is 3.84. The second-order valence-corrected chi connectivity index (χ2v) is 12.6. The van der Waals surface area contributed by atoms with Gasteiger partial charge in [0.25, 0.3) is 5.69 Å². The van der Waals surface area contributed by atoms with E-state index in [2.05, 4.69) is 30.2 Å². The number of nitro groups is 1. The summed E-state index contributed by atoms with van der Waals surface area (Å²) < 4.78 is 81.0. The Kier molecular flexibility index (Phi) is 12.7. The Morgan fingerprint density at radius 3 is 2.03 bits per heavy atom. The zero-order chi connectivity index (χ0) is 45.5. The molecule has 0 bridgehead atoms. The van der Waals surface area contributed by atoms with Gasteiger partial charge in [-0.05, 0) is 67.1 Å². The molecular weight excluding hydrogens is 796 g/mol. The number of hydrogen-bond acceptors (Lipinski definition) is 13. The molecule has 16 nitrogen and oxygen atoms in total. The van der Waals surface area contributed by atoms with E-state index in [1.165, 1.54) is 84.5 Å². The van der Waals surface area contributed by atoms with Gasteiger partial charge in [-0.15, -0.1) is 0 Å². The molecule has 2 atom stereocenters. The van der Waals surface area contributed by atoms with Gasteiger partial charge in [0.05, 0.1) is 51.5 Å². The van der Waals surface area contributed by atoms with Gasteiger partial charge >= 0.3 is 5.97 Å². The fourth-order valence-electron chi connectivity index (χ4n) is 5.97. The first-order valence-corrected chi connectivity index (χ1v) is 17.3. The van der Waals surface area contributed by atoms with Crippen molar-refractivity contribution in [3.05, 3.63) is 158 Å². The number of fused-ring (bicyclic) bond motifs is 1. The maximum Gasteiger partial charge on any atom is 0.338 e. The first-order chi connectivity index (χ1) is 29.4. The third kappa shape index (κ3) is 9.72. The number of nitrogens with zero attached hydrogens (tertiary/aromatic N) is 7. The van der Waals surface area contributed by atoms with Gasteiger partial charge in [0.1, 0.15) is 64.8 Å². The largest absolute Gasteiger partial charge is 0.497 e. The number of esters is 1. The van der Waals surface area contributed by atoms with Crippen LogP contribution in [0, 0.1) is 33.4 Å². The third-order valence-corrected chi connectivity index (χ3v) is 8.78. The standard InChI is InChI=1S/C20H16F2N4O2.C13H11FN4O5.C7H7FO/c1-10(27)14-7-13(22)8-15-16(14)19(28)17(20-23-9-24-26(20)2)18(25-15)11-3-5-12(21)6-4-11;1-17-11(15-6-16-17)5-10(19)12-8(13(20)23-2)3-7(14)4-9(12)18(21)22;1-9-7-4-2-6(8)3-5-7/h3-9,17-18,25H,1-2H3;3-4,6H,5H2,1-2H3;2-5H,1H3/i18D;;1D. The quantitative estimate of drug-likeness (QED) is 0.0557. The molecule has 6 aromatic rings. The maximum absolute atomic E-state index is 14.1. The number of anilines is 1. The molecule has 2 aromatic heterocycles. The van der Waals surface area contributed by atoms with Crippen molar-refractivity contribution >= 4 is 34.7 Å². The van der Waals surface area contributed by atoms with Crippen LogP contribution in [-0.4, -0.2) is 72.0 Å². The summed E-state index contributed by atoms with van der Waals surface area (Å²) >= 11 is 0. The van der Waals surface area contributed by atoms with Crippen LogP contribution < -0.4 is 10.1 Å². The summed E-state index contributed by atoms with van der Waals surface area (Å²) in [6.07, 6.45) is 2.12. The Morgan fingerprint density at radius 1 is 0.883 bits per heavy atom. The normalized spacial score (nSPS) is 15.7. The first kappa shape index (κ1) is 40.6. The summed E-state index contributed by atoms with van der Waals surface area (Å²) in [5, 5.41) is 21.8. The topological polar surface area (TPSA) is 203 Å². The molecule has 0 radical (unpaired) electrons. The summed E-state index contributed by atoms with van der Waals surface area (Å²) in [7, 11) is 4.00. The summed E-state index contributed by atoms with van der Waals surface area (Å²) in [6.45, 7) is 1.24. The van der Waals surface area contributed by atoms with Crippen LogP contribution in [0.1, 0.15) is 80.2 Å². The highest BCUT2D eigenvalue weighted by atomic mass is 19.1. The van der Waals surface area contributed by atoms with Gasteiger partial charge in [-0.3, -0.25) is 33.9 Å². The number of methoxy groups -OCH3 is 2. The minimum Gasteiger partial charge on any atom is -0.497 e. The predicted molar refractivity (Wildman–Crippen MR) is 204 cm³/mol. The van der Waals surface area contributed by atoms with Crippen molar-refractivity contribution in [2.24, 2.45) is 14.1 Å². The van der Waals surface area contributed by atoms with Crippen molar-refractivity contribution in [1.29, 1.82) is 0 Å². The lowest BCUT2D eigenvalue weighted by Gasteiger charge is -2.34. The molecule has 3 heterocycles. The molecule has 4 aromatic carbocycles. The first-order valence-electron chi connectivity index (χ1n) is 18.5. The van der Waals surface area contributed by atoms with Gasteiger partial charge in [0.15, 0.2) is 17.3 Å². The average molecular weight is 833 g/mol. The predicted octanol–water partition coefficient (Wildman–Crippen LogP) is 6.34. The molecule has 7 rings (SSSR count). The maximum atomic E-state index is 14.1. The second-order valence-electron chi connectivity index (χ2n) is 12.6. The van der Waals surface area contributed by atoms with Gasteiger partial charge in [-0.25, -0.2) is 32.3 Å². The highest BCUT2D eigenvalue weighted by molar-refractivity contribution is 6.15. The number of halogens is 4. The Balaban J connectivity index is 0.000000196. The number of nitrogens with one attached hydrogen (secondary N) is 1. The number of rotatable bonds is 9. The van der Waals surface area contributed by atoms with Crippen molar-refractivity contribution in [2.45, 2.75) is 25.3 Å². The fraction of sp³-hybridized carbons (Fsp3) is 0.200. The molecule has 60 heavy (non-hydrogen) atoms. The van der Waals surface area contributed by atoms with Crippen LogP contribution in [0.4, 0.5) is 28.9 Å². The Bertz CT molecular complexity index is 2660. The molecule has 1 aliphatic heterocycles. The monoisotopic (exact) mass is 832 g/mol. The smallest absolute Gasteiger partial charge is 0.338 e. The summed E-state index contributed by atoms with van der Waals surface area (Å²) in [4.78, 5) is 68.0. The minimum absolute atomic E-state index is 0.00288. The van der Waals surface area contributed by atoms with Gasteiger partial charge in [0.2, 0.25) is 0 Å². The van der Waals surface area contributed by atoms with Crippen LogP contribution in [0.2, 0.25) is 0 Å². The number of aryl methyl sites for hydroxylation is 2. The van der Waals surface area contributed by atoms with E-state index >= 15 is 0 Å². The lowest BCUT2D eigenvalue weighted by atomic mass is 9.79. The Hall–Kier alpha value is -7.64. The van der Waals surface area contributed by atoms with Crippen LogP contribution in [0.25, 0.3) is 0 Å². The van der Waals surface area contributed by atoms with Gasteiger partial charge in [-0.2, -0.15) is 10.2 Å². The van der Waals surface area contributed by atoms with E-state index < -0.39 is 74.4 Å². The fourth-order valence-corrected chi connectivity index (χ4v) is 5.97. The van der Waals surface area contributed by atoms with Crippen molar-refractivity contribution < 1.29 is 53.9 Å². The van der Waals surface area contributed by atoms with Crippen LogP contribution >= 0.6 is 0 Å². The lowest BCUT2D eigenvalue weighted by molar-refractivity contribution is -0.385. The molecule has 0 aliphatic carbocycles. The SMILES string of the molecule is COC(=O)c1cc(F)cc([N+](=O)[O-])c1C(=O)Cc1ncnn1C.[2H]C1(c2ccc(F)cc2)Nc2cc(F)cc(C(C)=O)c2C(=O)C1c1ncnn1C.[2H]COc1ccc(F)cc1. The number of ketones is 3. The van der Waals surface area contributed by atoms with Crippen LogP contribution in [0.15, 0.2) is 85.5 Å². The summed E-state index contributed by atoms with van der Waals surface area (Å²) in [6, 6.07) is 12.2. The van der Waals surface area contributed by atoms with Crippen molar-refractivity contribution in [3.8, 4) is 5.75 Å². The Morgan fingerprint density at radius 2 is 1.48 bits per heavy atom. The van der Waals surface area contributed by atoms with Gasteiger partial charge < -0.3 is 14.8 Å². The van der Waals surface area contributed by atoms with E-state index in [1.807, 2.05) is 0 Å². The number of Topliss-reactive ketones (excluding diaryl/α,β-unsaturated/α-hetero) is 3.